The molecule has 1 atom stereocenters. The Balaban J connectivity index is 1.41. The van der Waals surface area contributed by atoms with Gasteiger partial charge in [-0.2, -0.15) is 0 Å². The third kappa shape index (κ3) is 4.47. The van der Waals surface area contributed by atoms with Crippen LogP contribution in [0.4, 0.5) is 11.4 Å². The highest BCUT2D eigenvalue weighted by Crippen LogP contribution is 2.33. The fourth-order valence-electron chi connectivity index (χ4n) is 3.86. The number of nitrogens with one attached hydrogen (secondary N) is 2. The fourth-order valence-corrected chi connectivity index (χ4v) is 3.86. The lowest BCUT2D eigenvalue weighted by molar-refractivity contribution is -0.132. The van der Waals surface area contributed by atoms with Crippen LogP contribution in [-0.4, -0.2) is 29.2 Å². The van der Waals surface area contributed by atoms with Crippen LogP contribution in [0.3, 0.4) is 0 Å². The first-order chi connectivity index (χ1) is 14.0. The third-order valence-electron chi connectivity index (χ3n) is 5.58. The highest BCUT2D eigenvalue weighted by molar-refractivity contribution is 5.95. The predicted octanol–water partition coefficient (Wildman–Crippen LogP) is 3.51. The van der Waals surface area contributed by atoms with E-state index in [0.717, 1.165) is 30.5 Å². The lowest BCUT2D eigenvalue weighted by Crippen LogP contribution is -2.40. The van der Waals surface area contributed by atoms with E-state index in [1.165, 1.54) is 5.56 Å². The van der Waals surface area contributed by atoms with Crippen molar-refractivity contribution in [2.45, 2.75) is 38.6 Å². The van der Waals surface area contributed by atoms with Gasteiger partial charge in [-0.3, -0.25) is 14.4 Å². The van der Waals surface area contributed by atoms with Gasteiger partial charge in [0.05, 0.1) is 12.5 Å². The normalized spacial score (nSPS) is 18.0. The summed E-state index contributed by atoms with van der Waals surface area (Å²) in [6.07, 6.45) is 2.93. The molecule has 2 aromatic carbocycles. The van der Waals surface area contributed by atoms with Crippen molar-refractivity contribution in [3.63, 3.8) is 0 Å². The molecule has 1 unspecified atom stereocenters. The van der Waals surface area contributed by atoms with Crippen molar-refractivity contribution >= 4 is 29.1 Å². The van der Waals surface area contributed by atoms with Crippen molar-refractivity contribution < 1.29 is 14.4 Å². The van der Waals surface area contributed by atoms with Gasteiger partial charge in [0.1, 0.15) is 0 Å². The summed E-state index contributed by atoms with van der Waals surface area (Å²) in [6.45, 7) is 2.17. The molecule has 2 aliphatic rings. The Kier molecular flexibility index (Phi) is 5.34. The Morgan fingerprint density at radius 3 is 2.28 bits per heavy atom. The number of amides is 3. The van der Waals surface area contributed by atoms with Crippen LogP contribution in [-0.2, 0) is 20.8 Å². The number of nitrogens with zero attached hydrogens (tertiary/aromatic N) is 1. The Bertz CT molecular complexity index is 935. The number of fused-ring (bicyclic) bond motifs is 1. The maximum absolute atomic E-state index is 12.7. The first-order valence-electron chi connectivity index (χ1n) is 10.1. The Hall–Kier alpha value is -3.15. The second-order valence-corrected chi connectivity index (χ2v) is 7.77. The number of carbonyl (C=O) groups excluding carboxylic acids is 3. The van der Waals surface area contributed by atoms with E-state index in [4.69, 9.17) is 0 Å². The number of carbonyl (C=O) groups is 3. The highest BCUT2D eigenvalue weighted by Gasteiger charge is 2.31. The highest BCUT2D eigenvalue weighted by atomic mass is 16.2. The van der Waals surface area contributed by atoms with Gasteiger partial charge < -0.3 is 15.5 Å². The van der Waals surface area contributed by atoms with Crippen LogP contribution in [0.25, 0.3) is 0 Å². The molecule has 3 amide bonds. The summed E-state index contributed by atoms with van der Waals surface area (Å²) in [5.74, 6) is 0.0415. The average Bonchev–Trinajstić information content (AvgIpc) is 3.55. The largest absolute Gasteiger partial charge is 0.335 e. The van der Waals surface area contributed by atoms with Gasteiger partial charge >= 0.3 is 0 Å². The number of benzene rings is 2. The van der Waals surface area contributed by atoms with Crippen LogP contribution >= 0.6 is 0 Å². The predicted molar refractivity (Wildman–Crippen MR) is 111 cm³/mol. The van der Waals surface area contributed by atoms with E-state index >= 15 is 0 Å². The van der Waals surface area contributed by atoms with Gasteiger partial charge in [0.15, 0.2) is 0 Å². The minimum Gasteiger partial charge on any atom is -0.335 e. The summed E-state index contributed by atoms with van der Waals surface area (Å²) in [4.78, 5) is 38.4. The van der Waals surface area contributed by atoms with Crippen LogP contribution in [0.5, 0.6) is 0 Å². The van der Waals surface area contributed by atoms with Gasteiger partial charge in [0.2, 0.25) is 17.7 Å². The first kappa shape index (κ1) is 19.2. The molecule has 0 radical (unpaired) electrons. The zero-order valence-corrected chi connectivity index (χ0v) is 16.5. The number of anilines is 2. The SMILES string of the molecule is CC(=O)N1CCc2ccccc2C1CC(=O)Nc1ccc(NC(=O)C2CC2)cc1. The van der Waals surface area contributed by atoms with E-state index in [2.05, 4.69) is 16.7 Å². The van der Waals surface area contributed by atoms with Crippen LogP contribution in [0, 0.1) is 5.92 Å². The molecule has 1 aliphatic carbocycles. The summed E-state index contributed by atoms with van der Waals surface area (Å²) < 4.78 is 0. The van der Waals surface area contributed by atoms with Crippen molar-refractivity contribution in [1.82, 2.24) is 4.90 Å². The van der Waals surface area contributed by atoms with Crippen molar-refractivity contribution in [1.29, 1.82) is 0 Å². The second-order valence-electron chi connectivity index (χ2n) is 7.77. The zero-order chi connectivity index (χ0) is 20.4. The number of hydrogen-bond acceptors (Lipinski definition) is 3. The minimum absolute atomic E-state index is 0.0203. The molecule has 1 fully saturated rings. The molecule has 1 heterocycles. The molecule has 0 spiro atoms. The summed E-state index contributed by atoms with van der Waals surface area (Å²) in [5.41, 5.74) is 3.63. The maximum atomic E-state index is 12.7. The van der Waals surface area contributed by atoms with Crippen LogP contribution in [0.1, 0.15) is 43.4 Å². The molecule has 1 aliphatic heterocycles. The molecule has 4 rings (SSSR count). The van der Waals surface area contributed by atoms with Gasteiger partial charge in [0.25, 0.3) is 0 Å². The molecule has 1 saturated carbocycles. The average molecular weight is 391 g/mol. The summed E-state index contributed by atoms with van der Waals surface area (Å²) >= 11 is 0. The topological polar surface area (TPSA) is 78.5 Å². The maximum Gasteiger partial charge on any atom is 0.227 e. The second kappa shape index (κ2) is 8.07. The molecule has 0 aromatic heterocycles. The molecular formula is C23H25N3O3. The Labute approximate surface area is 170 Å². The van der Waals surface area contributed by atoms with Crippen molar-refractivity contribution in [3.8, 4) is 0 Å². The molecule has 0 saturated heterocycles. The van der Waals surface area contributed by atoms with Crippen LogP contribution in [0.2, 0.25) is 0 Å². The third-order valence-corrected chi connectivity index (χ3v) is 5.58. The minimum atomic E-state index is -0.255. The number of hydrogen-bond donors (Lipinski definition) is 2. The van der Waals surface area contributed by atoms with E-state index in [9.17, 15) is 14.4 Å². The van der Waals surface area contributed by atoms with E-state index in [-0.39, 0.29) is 36.1 Å². The van der Waals surface area contributed by atoms with Gasteiger partial charge in [0, 0.05) is 30.8 Å². The summed E-state index contributed by atoms with van der Waals surface area (Å²) in [5, 5.41) is 5.79. The lowest BCUT2D eigenvalue weighted by Gasteiger charge is -2.36. The monoisotopic (exact) mass is 391 g/mol. The molecule has 6 heteroatoms. The smallest absolute Gasteiger partial charge is 0.227 e. The molecule has 2 N–H and O–H groups in total. The molecular weight excluding hydrogens is 366 g/mol. The van der Waals surface area contributed by atoms with Crippen molar-refractivity contribution in [3.05, 3.63) is 59.7 Å². The molecule has 6 nitrogen and oxygen atoms in total. The van der Waals surface area contributed by atoms with E-state index in [1.54, 1.807) is 36.1 Å². The van der Waals surface area contributed by atoms with Crippen LogP contribution in [0.15, 0.2) is 48.5 Å². The van der Waals surface area contributed by atoms with E-state index < -0.39 is 0 Å². The van der Waals surface area contributed by atoms with Gasteiger partial charge in [-0.25, -0.2) is 0 Å². The fraction of sp³-hybridized carbons (Fsp3) is 0.348. The zero-order valence-electron chi connectivity index (χ0n) is 16.5. The molecule has 150 valence electrons. The van der Waals surface area contributed by atoms with Gasteiger partial charge in [-0.15, -0.1) is 0 Å². The molecule has 29 heavy (non-hydrogen) atoms. The van der Waals surface area contributed by atoms with E-state index in [1.807, 2.05) is 18.2 Å². The van der Waals surface area contributed by atoms with Crippen molar-refractivity contribution in [2.75, 3.05) is 17.2 Å². The van der Waals surface area contributed by atoms with Crippen molar-refractivity contribution in [2.24, 2.45) is 5.92 Å². The number of rotatable bonds is 5. The lowest BCUT2D eigenvalue weighted by atomic mass is 9.90. The van der Waals surface area contributed by atoms with Gasteiger partial charge in [-0.05, 0) is 54.7 Å². The molecule has 2 aromatic rings. The summed E-state index contributed by atoms with van der Waals surface area (Å²) in [7, 11) is 0. The van der Waals surface area contributed by atoms with Gasteiger partial charge in [-0.1, -0.05) is 24.3 Å². The van der Waals surface area contributed by atoms with E-state index in [0.29, 0.717) is 12.2 Å². The standard InChI is InChI=1S/C23H25N3O3/c1-15(27)26-13-12-16-4-2-3-5-20(16)21(26)14-22(28)24-18-8-10-19(11-9-18)25-23(29)17-6-7-17/h2-5,8-11,17,21H,6-7,12-14H2,1H3,(H,24,28)(H,25,29). The first-order valence-corrected chi connectivity index (χ1v) is 10.1. The molecule has 0 bridgehead atoms. The quantitative estimate of drug-likeness (QED) is 0.819. The Morgan fingerprint density at radius 2 is 1.62 bits per heavy atom. The Morgan fingerprint density at radius 1 is 0.966 bits per heavy atom. The summed E-state index contributed by atoms with van der Waals surface area (Å²) in [6, 6.07) is 14.9. The van der Waals surface area contributed by atoms with Crippen LogP contribution < -0.4 is 10.6 Å².